The molecule has 1 fully saturated rings. The van der Waals surface area contributed by atoms with Gasteiger partial charge >= 0.3 is 6.03 Å². The molecule has 1 N–H and O–H groups in total. The summed E-state index contributed by atoms with van der Waals surface area (Å²) >= 11 is 1.28. The van der Waals surface area contributed by atoms with E-state index in [2.05, 4.69) is 20.3 Å². The maximum atomic E-state index is 13.2. The third-order valence-corrected chi connectivity index (χ3v) is 6.74. The second-order valence-electron chi connectivity index (χ2n) is 8.09. The Morgan fingerprint density at radius 3 is 2.60 bits per heavy atom. The van der Waals surface area contributed by atoms with E-state index in [1.807, 2.05) is 12.1 Å². The Bertz CT molecular complexity index is 1410. The molecule has 4 aromatic rings. The highest BCUT2D eigenvalue weighted by atomic mass is 32.1. The number of rotatable bonds is 5. The van der Waals surface area contributed by atoms with E-state index in [0.717, 1.165) is 5.56 Å². The van der Waals surface area contributed by atoms with E-state index < -0.39 is 0 Å². The summed E-state index contributed by atoms with van der Waals surface area (Å²) < 4.78 is 19.8. The van der Waals surface area contributed by atoms with Crippen LogP contribution in [0.4, 0.5) is 14.9 Å². The van der Waals surface area contributed by atoms with E-state index in [1.165, 1.54) is 34.1 Å². The van der Waals surface area contributed by atoms with Crippen LogP contribution in [-0.4, -0.2) is 63.7 Å². The molecule has 0 bridgehead atoms. The highest BCUT2D eigenvalue weighted by Crippen LogP contribution is 2.25. The van der Waals surface area contributed by atoms with E-state index in [1.54, 1.807) is 36.3 Å². The molecule has 35 heavy (non-hydrogen) atoms. The van der Waals surface area contributed by atoms with Crippen molar-refractivity contribution in [3.8, 4) is 16.3 Å². The predicted octanol–water partition coefficient (Wildman–Crippen LogP) is 3.32. The summed E-state index contributed by atoms with van der Waals surface area (Å²) in [4.78, 5) is 34.3. The summed E-state index contributed by atoms with van der Waals surface area (Å²) in [6.07, 6.45) is 0. The van der Waals surface area contributed by atoms with Crippen molar-refractivity contribution in [1.29, 1.82) is 0 Å². The Hall–Kier alpha value is -3.83. The van der Waals surface area contributed by atoms with Crippen molar-refractivity contribution in [2.75, 3.05) is 38.6 Å². The Kier molecular flexibility index (Phi) is 6.43. The normalized spacial score (nSPS) is 14.3. The van der Waals surface area contributed by atoms with Crippen LogP contribution in [0.1, 0.15) is 5.69 Å². The van der Waals surface area contributed by atoms with Crippen LogP contribution in [0.5, 0.6) is 5.75 Å². The third-order valence-electron chi connectivity index (χ3n) is 5.78. The largest absolute Gasteiger partial charge is 0.495 e. The molecule has 1 saturated heterocycles. The first-order chi connectivity index (χ1) is 17.0. The Balaban J connectivity index is 1.23. The molecule has 0 radical (unpaired) electrons. The fourth-order valence-corrected chi connectivity index (χ4v) is 4.86. The topological polar surface area (TPSA) is 92.1 Å². The van der Waals surface area contributed by atoms with Gasteiger partial charge in [0.15, 0.2) is 0 Å². The molecule has 5 rings (SSSR count). The molecular formula is C24H23FN6O3S. The minimum Gasteiger partial charge on any atom is -0.495 e. The number of benzene rings is 2. The first-order valence-electron chi connectivity index (χ1n) is 11.1. The Labute approximate surface area is 204 Å². The lowest BCUT2D eigenvalue weighted by Gasteiger charge is -2.34. The van der Waals surface area contributed by atoms with Crippen LogP contribution in [0.2, 0.25) is 0 Å². The minimum absolute atomic E-state index is 0.176. The molecule has 2 aromatic carbocycles. The van der Waals surface area contributed by atoms with Crippen LogP contribution in [0.3, 0.4) is 0 Å². The second-order valence-corrected chi connectivity index (χ2v) is 9.04. The summed E-state index contributed by atoms with van der Waals surface area (Å²) in [5.41, 5.74) is 1.75. The van der Waals surface area contributed by atoms with Gasteiger partial charge in [-0.25, -0.2) is 14.2 Å². The third kappa shape index (κ3) is 5.00. The summed E-state index contributed by atoms with van der Waals surface area (Å²) in [5, 5.41) is 7.84. The van der Waals surface area contributed by atoms with Crippen molar-refractivity contribution < 1.29 is 13.9 Å². The number of nitrogens with zero attached hydrogens (tertiary/aromatic N) is 5. The van der Waals surface area contributed by atoms with Crippen LogP contribution in [0.25, 0.3) is 15.5 Å². The van der Waals surface area contributed by atoms with Crippen LogP contribution < -0.4 is 15.6 Å². The van der Waals surface area contributed by atoms with Gasteiger partial charge in [-0.2, -0.15) is 9.61 Å². The van der Waals surface area contributed by atoms with Gasteiger partial charge < -0.3 is 15.0 Å². The van der Waals surface area contributed by atoms with Gasteiger partial charge in [-0.05, 0) is 36.4 Å². The molecule has 2 amide bonds. The maximum absolute atomic E-state index is 13.2. The average Bonchev–Trinajstić information content (AvgIpc) is 3.30. The average molecular weight is 495 g/mol. The smallest absolute Gasteiger partial charge is 0.322 e. The van der Waals surface area contributed by atoms with Gasteiger partial charge in [0.25, 0.3) is 5.56 Å². The number of aromatic nitrogens is 3. The van der Waals surface area contributed by atoms with E-state index >= 15 is 0 Å². The number of fused-ring (bicyclic) bond motifs is 1. The number of amides is 2. The zero-order chi connectivity index (χ0) is 24.4. The molecule has 2 aromatic heterocycles. The van der Waals surface area contributed by atoms with Crippen molar-refractivity contribution in [3.05, 3.63) is 76.5 Å². The molecule has 180 valence electrons. The van der Waals surface area contributed by atoms with Crippen molar-refractivity contribution in [3.63, 3.8) is 0 Å². The van der Waals surface area contributed by atoms with Gasteiger partial charge in [0.05, 0.1) is 18.5 Å². The SMILES string of the molecule is COc1ccccc1NC(=O)N1CCN(Cc2cc(=O)n3nc(-c4ccc(F)cc4)sc3n2)CC1. The molecule has 0 spiro atoms. The molecular weight excluding hydrogens is 471 g/mol. The van der Waals surface area contributed by atoms with E-state index in [9.17, 15) is 14.0 Å². The number of hydrogen-bond acceptors (Lipinski definition) is 7. The molecule has 1 aliphatic rings. The van der Waals surface area contributed by atoms with Crippen molar-refractivity contribution >= 4 is 28.0 Å². The maximum Gasteiger partial charge on any atom is 0.322 e. The van der Waals surface area contributed by atoms with Crippen molar-refractivity contribution in [2.45, 2.75) is 6.54 Å². The monoisotopic (exact) mass is 494 g/mol. The standard InChI is InChI=1S/C24H23FN6O3S/c1-34-20-5-3-2-4-19(20)27-23(33)30-12-10-29(11-13-30)15-18-14-21(32)31-24(26-18)35-22(28-31)16-6-8-17(25)9-7-16/h2-9,14H,10-13,15H2,1H3,(H,27,33). The fourth-order valence-electron chi connectivity index (χ4n) is 3.93. The van der Waals surface area contributed by atoms with Gasteiger partial charge in [0, 0.05) is 44.4 Å². The molecule has 1 aliphatic heterocycles. The number of nitrogens with one attached hydrogen (secondary N) is 1. The lowest BCUT2D eigenvalue weighted by Crippen LogP contribution is -2.49. The number of para-hydroxylation sites is 2. The summed E-state index contributed by atoms with van der Waals surface area (Å²) in [7, 11) is 1.57. The zero-order valence-corrected chi connectivity index (χ0v) is 19.8. The lowest BCUT2D eigenvalue weighted by molar-refractivity contribution is 0.142. The number of ether oxygens (including phenoxy) is 1. The van der Waals surface area contributed by atoms with Crippen molar-refractivity contribution in [2.24, 2.45) is 0 Å². The quantitative estimate of drug-likeness (QED) is 0.458. The summed E-state index contributed by atoms with van der Waals surface area (Å²) in [6.45, 7) is 2.92. The highest BCUT2D eigenvalue weighted by molar-refractivity contribution is 7.19. The van der Waals surface area contributed by atoms with Gasteiger partial charge in [-0.3, -0.25) is 9.69 Å². The molecule has 3 heterocycles. The predicted molar refractivity (Wildman–Crippen MR) is 131 cm³/mol. The van der Waals surface area contributed by atoms with Crippen LogP contribution >= 0.6 is 11.3 Å². The Morgan fingerprint density at radius 2 is 1.86 bits per heavy atom. The van der Waals surface area contributed by atoms with E-state index in [-0.39, 0.29) is 17.4 Å². The van der Waals surface area contributed by atoms with E-state index in [0.29, 0.717) is 59.8 Å². The number of piperazine rings is 1. The lowest BCUT2D eigenvalue weighted by atomic mass is 10.2. The first-order valence-corrected chi connectivity index (χ1v) is 11.9. The van der Waals surface area contributed by atoms with Crippen LogP contribution in [0, 0.1) is 5.82 Å². The Morgan fingerprint density at radius 1 is 1.11 bits per heavy atom. The van der Waals surface area contributed by atoms with Crippen LogP contribution in [0.15, 0.2) is 59.4 Å². The van der Waals surface area contributed by atoms with Gasteiger partial charge in [-0.15, -0.1) is 0 Å². The number of halogens is 1. The first kappa shape index (κ1) is 22.9. The number of carbonyl (C=O) groups excluding carboxylic acids is 1. The van der Waals surface area contributed by atoms with Crippen LogP contribution in [-0.2, 0) is 6.54 Å². The highest BCUT2D eigenvalue weighted by Gasteiger charge is 2.22. The number of urea groups is 1. The summed E-state index contributed by atoms with van der Waals surface area (Å²) in [6, 6.07) is 14.6. The van der Waals surface area contributed by atoms with Gasteiger partial charge in [-0.1, -0.05) is 23.5 Å². The molecule has 0 atom stereocenters. The van der Waals surface area contributed by atoms with Gasteiger partial charge in [0.2, 0.25) is 4.96 Å². The van der Waals surface area contributed by atoms with E-state index in [4.69, 9.17) is 4.74 Å². The minimum atomic E-state index is -0.329. The molecule has 11 heteroatoms. The number of anilines is 1. The van der Waals surface area contributed by atoms with Gasteiger partial charge in [0.1, 0.15) is 16.6 Å². The number of carbonyl (C=O) groups is 1. The number of methoxy groups -OCH3 is 1. The molecule has 0 aliphatic carbocycles. The number of hydrogen-bond donors (Lipinski definition) is 1. The van der Waals surface area contributed by atoms with Crippen molar-refractivity contribution in [1.82, 2.24) is 24.4 Å². The fraction of sp³-hybridized carbons (Fsp3) is 0.250. The summed E-state index contributed by atoms with van der Waals surface area (Å²) in [5.74, 6) is 0.280. The second kappa shape index (κ2) is 9.80. The zero-order valence-electron chi connectivity index (χ0n) is 19.0. The molecule has 9 nitrogen and oxygen atoms in total. The molecule has 0 saturated carbocycles. The molecule has 0 unspecified atom stereocenters.